The summed E-state index contributed by atoms with van der Waals surface area (Å²) in [6, 6.07) is 11.4. The van der Waals surface area contributed by atoms with Crippen molar-refractivity contribution < 1.29 is 8.42 Å². The lowest BCUT2D eigenvalue weighted by atomic mass is 10.1. The van der Waals surface area contributed by atoms with Gasteiger partial charge in [-0.05, 0) is 29.8 Å². The van der Waals surface area contributed by atoms with Crippen molar-refractivity contribution >= 4 is 50.4 Å². The SMILES string of the molecule is O=S(=O)(c1ccc(Nc2ncc(C=Cc3cccc4[nH]ncc34)cn2)cc1N1CCNCC1)N1CCNCC1. The van der Waals surface area contributed by atoms with Crippen LogP contribution in [0.2, 0.25) is 0 Å². The second-order valence-corrected chi connectivity index (χ2v) is 11.5. The van der Waals surface area contributed by atoms with Gasteiger partial charge in [-0.15, -0.1) is 0 Å². The van der Waals surface area contributed by atoms with Crippen molar-refractivity contribution in [1.29, 1.82) is 0 Å². The first-order chi connectivity index (χ1) is 19.1. The van der Waals surface area contributed by atoms with E-state index in [9.17, 15) is 8.42 Å². The number of aromatic nitrogens is 4. The Morgan fingerprint density at radius 1 is 0.872 bits per heavy atom. The van der Waals surface area contributed by atoms with Gasteiger partial charge in [0.25, 0.3) is 0 Å². The third-order valence-corrected chi connectivity index (χ3v) is 8.96. The normalized spacial score (nSPS) is 17.2. The lowest BCUT2D eigenvalue weighted by Crippen LogP contribution is -2.47. The molecule has 4 N–H and O–H groups in total. The van der Waals surface area contributed by atoms with E-state index in [1.165, 1.54) is 0 Å². The van der Waals surface area contributed by atoms with E-state index in [1.54, 1.807) is 28.8 Å². The van der Waals surface area contributed by atoms with Gasteiger partial charge in [-0.3, -0.25) is 5.10 Å². The Bertz CT molecular complexity index is 1570. The van der Waals surface area contributed by atoms with Crippen LogP contribution >= 0.6 is 0 Å². The van der Waals surface area contributed by atoms with Gasteiger partial charge in [-0.25, -0.2) is 18.4 Å². The summed E-state index contributed by atoms with van der Waals surface area (Å²) in [7, 11) is -3.62. The smallest absolute Gasteiger partial charge is 0.245 e. The topological polar surface area (TPSA) is 131 Å². The molecule has 2 aromatic carbocycles. The van der Waals surface area contributed by atoms with Crippen molar-refractivity contribution in [1.82, 2.24) is 35.1 Å². The second-order valence-electron chi connectivity index (χ2n) is 9.55. The van der Waals surface area contributed by atoms with Gasteiger partial charge in [0.05, 0.1) is 17.4 Å². The number of aromatic amines is 1. The lowest BCUT2D eigenvalue weighted by Gasteiger charge is -2.33. The second kappa shape index (κ2) is 11.1. The summed E-state index contributed by atoms with van der Waals surface area (Å²) in [5.74, 6) is 0.438. The molecule has 0 spiro atoms. The Hall–Kier alpha value is -3.84. The predicted octanol–water partition coefficient (Wildman–Crippen LogP) is 2.27. The molecule has 6 rings (SSSR count). The highest BCUT2D eigenvalue weighted by atomic mass is 32.2. The highest BCUT2D eigenvalue weighted by molar-refractivity contribution is 7.89. The maximum absolute atomic E-state index is 13.6. The molecule has 0 saturated carbocycles. The molecule has 2 aromatic heterocycles. The van der Waals surface area contributed by atoms with Crippen LogP contribution in [0.5, 0.6) is 0 Å². The molecule has 4 heterocycles. The number of nitrogens with one attached hydrogen (secondary N) is 4. The van der Waals surface area contributed by atoms with E-state index in [1.807, 2.05) is 42.6 Å². The molecule has 202 valence electrons. The van der Waals surface area contributed by atoms with Crippen LogP contribution in [-0.2, 0) is 10.0 Å². The van der Waals surface area contributed by atoms with E-state index < -0.39 is 10.0 Å². The molecule has 2 saturated heterocycles. The zero-order valence-electron chi connectivity index (χ0n) is 21.5. The van der Waals surface area contributed by atoms with E-state index in [4.69, 9.17) is 0 Å². The Labute approximate surface area is 227 Å². The molecule has 11 nitrogen and oxygen atoms in total. The van der Waals surface area contributed by atoms with Gasteiger partial charge in [0, 0.05) is 81.4 Å². The molecular weight excluding hydrogens is 514 g/mol. The summed E-state index contributed by atoms with van der Waals surface area (Å²) < 4.78 is 28.7. The van der Waals surface area contributed by atoms with Crippen LogP contribution in [0.4, 0.5) is 17.3 Å². The monoisotopic (exact) mass is 545 g/mol. The summed E-state index contributed by atoms with van der Waals surface area (Å²) in [5.41, 5.74) is 4.34. The number of piperazine rings is 2. The summed E-state index contributed by atoms with van der Waals surface area (Å²) >= 11 is 0. The van der Waals surface area contributed by atoms with Gasteiger partial charge in [0.15, 0.2) is 0 Å². The van der Waals surface area contributed by atoms with Crippen molar-refractivity contribution in [3.63, 3.8) is 0 Å². The molecule has 0 unspecified atom stereocenters. The molecule has 12 heteroatoms. The van der Waals surface area contributed by atoms with Crippen molar-refractivity contribution in [2.24, 2.45) is 0 Å². The quantitative estimate of drug-likeness (QED) is 0.276. The van der Waals surface area contributed by atoms with Crippen molar-refractivity contribution in [2.45, 2.75) is 4.90 Å². The number of benzene rings is 2. The van der Waals surface area contributed by atoms with Crippen molar-refractivity contribution in [3.8, 4) is 0 Å². The Morgan fingerprint density at radius 3 is 2.38 bits per heavy atom. The number of rotatable bonds is 7. The van der Waals surface area contributed by atoms with Crippen LogP contribution in [0.3, 0.4) is 0 Å². The van der Waals surface area contributed by atoms with Crippen LogP contribution in [0, 0.1) is 0 Å². The number of anilines is 3. The van der Waals surface area contributed by atoms with Gasteiger partial charge in [-0.1, -0.05) is 24.3 Å². The minimum Gasteiger partial charge on any atom is -0.368 e. The molecule has 0 aliphatic carbocycles. The van der Waals surface area contributed by atoms with Crippen LogP contribution in [-0.4, -0.2) is 85.2 Å². The number of H-pyrrole nitrogens is 1. The van der Waals surface area contributed by atoms with E-state index >= 15 is 0 Å². The number of hydrogen-bond acceptors (Lipinski definition) is 9. The first kappa shape index (κ1) is 25.4. The van der Waals surface area contributed by atoms with Gasteiger partial charge in [0.1, 0.15) is 4.90 Å². The summed E-state index contributed by atoms with van der Waals surface area (Å²) in [5, 5.41) is 17.9. The molecule has 39 heavy (non-hydrogen) atoms. The summed E-state index contributed by atoms with van der Waals surface area (Å²) in [6.07, 6.45) is 9.29. The molecule has 0 bridgehead atoms. The highest BCUT2D eigenvalue weighted by Crippen LogP contribution is 2.32. The average Bonchev–Trinajstić information content (AvgIpc) is 3.47. The summed E-state index contributed by atoms with van der Waals surface area (Å²) in [6.45, 7) is 5.32. The van der Waals surface area contributed by atoms with Gasteiger partial charge >= 0.3 is 0 Å². The van der Waals surface area contributed by atoms with E-state index in [2.05, 4.69) is 41.0 Å². The number of fused-ring (bicyclic) bond motifs is 1. The Kier molecular flexibility index (Phi) is 7.24. The molecule has 2 aliphatic rings. The van der Waals surface area contributed by atoms with Gasteiger partial charge in [0.2, 0.25) is 16.0 Å². The molecule has 0 radical (unpaired) electrons. The van der Waals surface area contributed by atoms with E-state index in [-0.39, 0.29) is 0 Å². The molecular formula is C27H31N9O2S. The van der Waals surface area contributed by atoms with Gasteiger partial charge < -0.3 is 20.9 Å². The first-order valence-corrected chi connectivity index (χ1v) is 14.5. The lowest BCUT2D eigenvalue weighted by molar-refractivity contribution is 0.360. The minimum absolute atomic E-state index is 0.339. The van der Waals surface area contributed by atoms with Crippen LogP contribution in [0.25, 0.3) is 23.1 Å². The maximum atomic E-state index is 13.6. The van der Waals surface area contributed by atoms with E-state index in [0.29, 0.717) is 42.7 Å². The van der Waals surface area contributed by atoms with Crippen LogP contribution in [0.1, 0.15) is 11.1 Å². The summed E-state index contributed by atoms with van der Waals surface area (Å²) in [4.78, 5) is 11.4. The minimum atomic E-state index is -3.62. The Morgan fingerprint density at radius 2 is 1.62 bits per heavy atom. The van der Waals surface area contributed by atoms with Crippen LogP contribution < -0.4 is 20.9 Å². The highest BCUT2D eigenvalue weighted by Gasteiger charge is 2.30. The third kappa shape index (κ3) is 5.50. The van der Waals surface area contributed by atoms with Crippen LogP contribution in [0.15, 0.2) is 59.9 Å². The third-order valence-electron chi connectivity index (χ3n) is 7.01. The first-order valence-electron chi connectivity index (χ1n) is 13.1. The molecule has 0 atom stereocenters. The molecule has 2 aliphatic heterocycles. The maximum Gasteiger partial charge on any atom is 0.245 e. The number of hydrogen-bond donors (Lipinski definition) is 4. The standard InChI is InChI=1S/C27H31N9O2S/c37-39(38,36-14-10-29-11-15-36)26-7-6-22(16-25(26)35-12-8-28-9-13-35)33-27-30-17-20(18-31-27)4-5-21-2-1-3-24-23(21)19-32-34-24/h1-7,16-19,28-29H,8-15H2,(H,32,34)(H,30,31,33). The zero-order chi connectivity index (χ0) is 26.7. The molecule has 0 amide bonds. The fourth-order valence-corrected chi connectivity index (χ4v) is 6.56. The fourth-order valence-electron chi connectivity index (χ4n) is 4.93. The fraction of sp³-hybridized carbons (Fsp3) is 0.296. The van der Waals surface area contributed by atoms with Crippen molar-refractivity contribution in [3.05, 3.63) is 66.1 Å². The molecule has 2 fully saturated rings. The Balaban J connectivity index is 1.23. The average molecular weight is 546 g/mol. The zero-order valence-corrected chi connectivity index (χ0v) is 22.3. The number of sulfonamides is 1. The molecule has 4 aromatic rings. The predicted molar refractivity (Wildman–Crippen MR) is 153 cm³/mol. The van der Waals surface area contributed by atoms with Gasteiger partial charge in [-0.2, -0.15) is 9.40 Å². The largest absolute Gasteiger partial charge is 0.368 e. The van der Waals surface area contributed by atoms with Crippen molar-refractivity contribution in [2.75, 3.05) is 62.6 Å². The number of nitrogens with zero attached hydrogens (tertiary/aromatic N) is 5. The van der Waals surface area contributed by atoms with E-state index in [0.717, 1.165) is 53.9 Å².